The molecule has 0 aliphatic carbocycles. The van der Waals surface area contributed by atoms with Gasteiger partial charge in [0.1, 0.15) is 17.3 Å². The van der Waals surface area contributed by atoms with E-state index in [1.165, 1.54) is 6.07 Å². The molecule has 4 nitrogen and oxygen atoms in total. The maximum absolute atomic E-state index is 13.2. The summed E-state index contributed by atoms with van der Waals surface area (Å²) in [5.74, 6) is 2.55. The first kappa shape index (κ1) is 16.0. The number of nitrogens with one attached hydrogen (secondary N) is 1. The molecule has 0 saturated heterocycles. The number of fused-ring (bicyclic) bond motifs is 1. The second-order valence-electron chi connectivity index (χ2n) is 5.69. The molecule has 0 unspecified atom stereocenters. The van der Waals surface area contributed by atoms with Gasteiger partial charge in [-0.15, -0.1) is 0 Å². The molecule has 0 radical (unpaired) electrons. The highest BCUT2D eigenvalue weighted by atomic mass is 35.5. The van der Waals surface area contributed by atoms with E-state index in [0.717, 1.165) is 28.4 Å². The van der Waals surface area contributed by atoms with Crippen LogP contribution in [0.4, 0.5) is 4.39 Å². The first-order valence-corrected chi connectivity index (χ1v) is 8.20. The minimum absolute atomic E-state index is 0.0800. The highest BCUT2D eigenvalue weighted by Crippen LogP contribution is 2.32. The monoisotopic (exact) mass is 359 g/mol. The van der Waals surface area contributed by atoms with Crippen LogP contribution < -0.4 is 14.8 Å². The van der Waals surface area contributed by atoms with Crippen molar-refractivity contribution >= 4 is 11.6 Å². The molecular weight excluding hydrogens is 345 g/mol. The van der Waals surface area contributed by atoms with Gasteiger partial charge in [-0.2, -0.15) is 0 Å². The van der Waals surface area contributed by atoms with E-state index in [1.54, 1.807) is 12.1 Å². The lowest BCUT2D eigenvalue weighted by Gasteiger charge is -2.05. The summed E-state index contributed by atoms with van der Waals surface area (Å²) >= 11 is 5.81. The van der Waals surface area contributed by atoms with Crippen LogP contribution in [0, 0.1) is 5.82 Å². The summed E-state index contributed by atoms with van der Waals surface area (Å²) in [5, 5.41) is 3.40. The average Bonchev–Trinajstić information content (AvgIpc) is 3.26. The van der Waals surface area contributed by atoms with Crippen molar-refractivity contribution < 1.29 is 18.3 Å². The van der Waals surface area contributed by atoms with Crippen molar-refractivity contribution in [2.45, 2.75) is 13.1 Å². The van der Waals surface area contributed by atoms with Crippen LogP contribution in [-0.2, 0) is 13.1 Å². The first-order chi connectivity index (χ1) is 12.2. The molecule has 2 aromatic carbocycles. The van der Waals surface area contributed by atoms with E-state index in [0.29, 0.717) is 18.8 Å². The number of halogens is 2. The second-order valence-corrected chi connectivity index (χ2v) is 6.09. The molecule has 1 aromatic heterocycles. The van der Waals surface area contributed by atoms with Crippen molar-refractivity contribution in [1.29, 1.82) is 0 Å². The predicted octanol–water partition coefficient (Wildman–Crippen LogP) is 4.76. The molecule has 1 N–H and O–H groups in total. The van der Waals surface area contributed by atoms with Gasteiger partial charge in [-0.1, -0.05) is 17.7 Å². The zero-order chi connectivity index (χ0) is 17.2. The molecule has 1 aliphatic heterocycles. The third-order valence-corrected chi connectivity index (χ3v) is 4.22. The van der Waals surface area contributed by atoms with Gasteiger partial charge in [-0.25, -0.2) is 4.39 Å². The number of ether oxygens (including phenoxy) is 2. The highest BCUT2D eigenvalue weighted by Gasteiger charge is 2.13. The molecule has 4 rings (SSSR count). The second kappa shape index (κ2) is 6.78. The van der Waals surface area contributed by atoms with E-state index in [1.807, 2.05) is 30.3 Å². The largest absolute Gasteiger partial charge is 0.460 e. The van der Waals surface area contributed by atoms with E-state index in [9.17, 15) is 4.39 Å². The van der Waals surface area contributed by atoms with E-state index in [2.05, 4.69) is 5.32 Å². The standard InChI is InChI=1S/C19H15ClFNO3/c20-15-8-13(2-4-16(15)21)17-6-3-14(25-17)10-22-9-12-1-5-18-19(7-12)24-11-23-18/h1-8,22H,9-11H2. The normalized spacial score (nSPS) is 12.6. The molecule has 3 aromatic rings. The van der Waals surface area contributed by atoms with Crippen molar-refractivity contribution in [3.05, 3.63) is 70.7 Å². The fourth-order valence-electron chi connectivity index (χ4n) is 2.66. The smallest absolute Gasteiger partial charge is 0.231 e. The molecule has 0 amide bonds. The SMILES string of the molecule is Fc1ccc(-c2ccc(CNCc3ccc4c(c3)OCO4)o2)cc1Cl. The van der Waals surface area contributed by atoms with Gasteiger partial charge in [0.05, 0.1) is 11.6 Å². The average molecular weight is 360 g/mol. The van der Waals surface area contributed by atoms with Gasteiger partial charge in [0, 0.05) is 12.1 Å². The van der Waals surface area contributed by atoms with Gasteiger partial charge in [-0.05, 0) is 48.0 Å². The highest BCUT2D eigenvalue weighted by molar-refractivity contribution is 6.31. The lowest BCUT2D eigenvalue weighted by atomic mass is 10.2. The topological polar surface area (TPSA) is 43.6 Å². The van der Waals surface area contributed by atoms with E-state index in [-0.39, 0.29) is 11.8 Å². The summed E-state index contributed by atoms with van der Waals surface area (Å²) < 4.78 is 29.7. The molecule has 6 heteroatoms. The van der Waals surface area contributed by atoms with Crippen LogP contribution >= 0.6 is 11.6 Å². The Hall–Kier alpha value is -2.50. The fraction of sp³-hybridized carbons (Fsp3) is 0.158. The molecule has 0 fully saturated rings. The van der Waals surface area contributed by atoms with Gasteiger partial charge in [0.2, 0.25) is 6.79 Å². The minimum atomic E-state index is -0.442. The van der Waals surface area contributed by atoms with Crippen molar-refractivity contribution in [3.8, 4) is 22.8 Å². The molecule has 1 aliphatic rings. The van der Waals surface area contributed by atoms with Gasteiger partial charge in [0.15, 0.2) is 11.5 Å². The Morgan fingerprint density at radius 2 is 1.84 bits per heavy atom. The van der Waals surface area contributed by atoms with Crippen LogP contribution in [0.2, 0.25) is 5.02 Å². The van der Waals surface area contributed by atoms with Crippen molar-refractivity contribution in [2.24, 2.45) is 0 Å². The lowest BCUT2D eigenvalue weighted by Crippen LogP contribution is -2.11. The fourth-order valence-corrected chi connectivity index (χ4v) is 2.84. The summed E-state index contributed by atoms with van der Waals surface area (Å²) in [4.78, 5) is 0. The minimum Gasteiger partial charge on any atom is -0.460 e. The van der Waals surface area contributed by atoms with Gasteiger partial charge in [0.25, 0.3) is 0 Å². The number of hydrogen-bond donors (Lipinski definition) is 1. The summed E-state index contributed by atoms with van der Waals surface area (Å²) in [6.45, 7) is 1.52. The van der Waals surface area contributed by atoms with E-state index >= 15 is 0 Å². The zero-order valence-corrected chi connectivity index (χ0v) is 14.0. The van der Waals surface area contributed by atoms with Crippen molar-refractivity contribution in [3.63, 3.8) is 0 Å². The molecule has 25 heavy (non-hydrogen) atoms. The maximum Gasteiger partial charge on any atom is 0.231 e. The van der Waals surface area contributed by atoms with Gasteiger partial charge >= 0.3 is 0 Å². The molecule has 128 valence electrons. The Balaban J connectivity index is 1.37. The summed E-state index contributed by atoms with van der Waals surface area (Å²) in [6, 6.07) is 14.1. The predicted molar refractivity (Wildman–Crippen MR) is 92.2 cm³/mol. The Kier molecular flexibility index (Phi) is 4.34. The van der Waals surface area contributed by atoms with Crippen LogP contribution in [0.1, 0.15) is 11.3 Å². The number of furan rings is 1. The zero-order valence-electron chi connectivity index (χ0n) is 13.2. The van der Waals surface area contributed by atoms with E-state index in [4.69, 9.17) is 25.5 Å². The first-order valence-electron chi connectivity index (χ1n) is 7.82. The van der Waals surface area contributed by atoms with Crippen LogP contribution in [0.5, 0.6) is 11.5 Å². The third kappa shape index (κ3) is 3.48. The molecule has 0 spiro atoms. The Morgan fingerprint density at radius 1 is 0.960 bits per heavy atom. The molecule has 2 heterocycles. The molecule has 0 atom stereocenters. The molecule has 0 bridgehead atoms. The maximum atomic E-state index is 13.2. The van der Waals surface area contributed by atoms with Crippen molar-refractivity contribution in [1.82, 2.24) is 5.32 Å². The Morgan fingerprint density at radius 3 is 2.72 bits per heavy atom. The Labute approximate surface area is 149 Å². The summed E-state index contributed by atoms with van der Waals surface area (Å²) in [5.41, 5.74) is 1.84. The van der Waals surface area contributed by atoms with Crippen molar-refractivity contribution in [2.75, 3.05) is 6.79 Å². The number of hydrogen-bond acceptors (Lipinski definition) is 4. The number of benzene rings is 2. The third-order valence-electron chi connectivity index (χ3n) is 3.93. The quantitative estimate of drug-likeness (QED) is 0.713. The molecule has 0 saturated carbocycles. The van der Waals surface area contributed by atoms with Crippen LogP contribution in [-0.4, -0.2) is 6.79 Å². The summed E-state index contributed by atoms with van der Waals surface area (Å²) in [6.07, 6.45) is 0. The van der Waals surface area contributed by atoms with Gasteiger partial charge in [-0.3, -0.25) is 0 Å². The lowest BCUT2D eigenvalue weighted by molar-refractivity contribution is 0.174. The van der Waals surface area contributed by atoms with Crippen LogP contribution in [0.25, 0.3) is 11.3 Å². The Bertz CT molecular complexity index is 909. The van der Waals surface area contributed by atoms with Crippen LogP contribution in [0.3, 0.4) is 0 Å². The number of rotatable bonds is 5. The summed E-state index contributed by atoms with van der Waals surface area (Å²) in [7, 11) is 0. The van der Waals surface area contributed by atoms with Gasteiger partial charge < -0.3 is 19.2 Å². The molecular formula is C19H15ClFNO3. The van der Waals surface area contributed by atoms with Crippen LogP contribution in [0.15, 0.2) is 52.9 Å². The van der Waals surface area contributed by atoms with E-state index < -0.39 is 5.82 Å².